The number of amides is 1. The van der Waals surface area contributed by atoms with Gasteiger partial charge in [-0.2, -0.15) is 0 Å². The van der Waals surface area contributed by atoms with E-state index in [0.29, 0.717) is 13.1 Å². The average Bonchev–Trinajstić information content (AvgIpc) is 3.16. The quantitative estimate of drug-likeness (QED) is 0.829. The predicted octanol–water partition coefficient (Wildman–Crippen LogP) is 3.98. The molecule has 0 spiro atoms. The van der Waals surface area contributed by atoms with Crippen LogP contribution in [-0.4, -0.2) is 22.9 Å². The van der Waals surface area contributed by atoms with Crippen LogP contribution in [0.5, 0.6) is 0 Å². The summed E-state index contributed by atoms with van der Waals surface area (Å²) < 4.78 is 5.36. The zero-order chi connectivity index (χ0) is 18.0. The Morgan fingerprint density at radius 3 is 2.72 bits per heavy atom. The Morgan fingerprint density at radius 2 is 2.00 bits per heavy atom. The van der Waals surface area contributed by atoms with Crippen molar-refractivity contribution in [3.8, 4) is 0 Å². The van der Waals surface area contributed by atoms with Crippen molar-refractivity contribution in [3.05, 3.63) is 58.5 Å². The molecule has 134 valence electrons. The number of hydrogen-bond acceptors (Lipinski definition) is 3. The van der Waals surface area contributed by atoms with Gasteiger partial charge in [0.1, 0.15) is 5.76 Å². The molecule has 3 rings (SSSR count). The van der Waals surface area contributed by atoms with Crippen molar-refractivity contribution < 1.29 is 9.21 Å². The molecule has 2 N–H and O–H groups in total. The smallest absolute Gasteiger partial charge is 0.254 e. The zero-order valence-electron chi connectivity index (χ0n) is 15.5. The summed E-state index contributed by atoms with van der Waals surface area (Å²) >= 11 is 0. The first-order chi connectivity index (χ1) is 11.9. The van der Waals surface area contributed by atoms with E-state index in [1.165, 1.54) is 11.1 Å². The molecule has 2 aromatic rings. The number of carbonyl (C=O) groups is 1. The van der Waals surface area contributed by atoms with Gasteiger partial charge < -0.3 is 15.1 Å². The molecule has 1 aromatic carbocycles. The van der Waals surface area contributed by atoms with Crippen LogP contribution >= 0.6 is 0 Å². The van der Waals surface area contributed by atoms with Crippen LogP contribution in [0.4, 0.5) is 0 Å². The summed E-state index contributed by atoms with van der Waals surface area (Å²) in [6.45, 7) is 7.65. The minimum absolute atomic E-state index is 0.143. The molecule has 4 nitrogen and oxygen atoms in total. The molecule has 1 aromatic heterocycles. The summed E-state index contributed by atoms with van der Waals surface area (Å²) in [6, 6.07) is 8.08. The first kappa shape index (κ1) is 17.7. The first-order valence-electron chi connectivity index (χ1n) is 9.06. The van der Waals surface area contributed by atoms with E-state index in [1.54, 1.807) is 6.26 Å². The Labute approximate surface area is 150 Å². The highest BCUT2D eigenvalue weighted by Gasteiger charge is 2.29. The van der Waals surface area contributed by atoms with Gasteiger partial charge >= 0.3 is 0 Å². The lowest BCUT2D eigenvalue weighted by atomic mass is 9.92. The monoisotopic (exact) mass is 340 g/mol. The lowest BCUT2D eigenvalue weighted by Crippen LogP contribution is -2.40. The summed E-state index contributed by atoms with van der Waals surface area (Å²) in [5, 5.41) is 0. The van der Waals surface area contributed by atoms with E-state index in [0.717, 1.165) is 42.6 Å². The molecular weight excluding hydrogens is 312 g/mol. The van der Waals surface area contributed by atoms with Crippen LogP contribution in [0.2, 0.25) is 0 Å². The fourth-order valence-corrected chi connectivity index (χ4v) is 3.47. The molecule has 1 aliphatic rings. The Kier molecular flexibility index (Phi) is 5.00. The van der Waals surface area contributed by atoms with E-state index < -0.39 is 0 Å². The third kappa shape index (κ3) is 4.13. The molecule has 1 aliphatic heterocycles. The summed E-state index contributed by atoms with van der Waals surface area (Å²) in [5.41, 5.74) is 10.6. The topological polar surface area (TPSA) is 59.5 Å². The minimum Gasteiger partial charge on any atom is -0.469 e. The molecule has 0 saturated heterocycles. The number of nitrogens with two attached hydrogens (primary N) is 1. The van der Waals surface area contributed by atoms with E-state index in [4.69, 9.17) is 10.2 Å². The van der Waals surface area contributed by atoms with Crippen molar-refractivity contribution >= 4 is 5.91 Å². The maximum absolute atomic E-state index is 12.6. The molecule has 0 radical (unpaired) electrons. The van der Waals surface area contributed by atoms with Gasteiger partial charge in [0, 0.05) is 30.6 Å². The van der Waals surface area contributed by atoms with E-state index >= 15 is 0 Å². The number of aryl methyl sites for hydroxylation is 3. The number of carbonyl (C=O) groups excluding carboxylic acids is 1. The molecule has 0 aliphatic carbocycles. The second kappa shape index (κ2) is 7.04. The number of benzene rings is 1. The van der Waals surface area contributed by atoms with Crippen LogP contribution in [0.1, 0.15) is 59.0 Å². The van der Waals surface area contributed by atoms with Gasteiger partial charge in [-0.15, -0.1) is 0 Å². The van der Waals surface area contributed by atoms with Crippen molar-refractivity contribution in [2.45, 2.75) is 58.5 Å². The average molecular weight is 340 g/mol. The van der Waals surface area contributed by atoms with Crippen LogP contribution in [0, 0.1) is 13.8 Å². The molecule has 1 atom stereocenters. The second-order valence-corrected chi connectivity index (χ2v) is 7.66. The second-order valence-electron chi connectivity index (χ2n) is 7.66. The molecule has 2 heterocycles. The lowest BCUT2D eigenvalue weighted by Gasteiger charge is -2.27. The third-order valence-electron chi connectivity index (χ3n) is 5.30. The first-order valence-corrected chi connectivity index (χ1v) is 9.06. The number of nitrogens with zero attached hydrogens (tertiary/aromatic N) is 1. The van der Waals surface area contributed by atoms with Gasteiger partial charge in [0.25, 0.3) is 5.91 Å². The Bertz CT molecular complexity index is 748. The number of hydrogen-bond donors (Lipinski definition) is 1. The predicted molar refractivity (Wildman–Crippen MR) is 99.5 cm³/mol. The minimum atomic E-state index is -0.270. The van der Waals surface area contributed by atoms with Crippen molar-refractivity contribution in [1.82, 2.24) is 4.90 Å². The van der Waals surface area contributed by atoms with Gasteiger partial charge in [0.15, 0.2) is 0 Å². The molecule has 1 unspecified atom stereocenters. The summed E-state index contributed by atoms with van der Waals surface area (Å²) in [7, 11) is 0. The van der Waals surface area contributed by atoms with Crippen molar-refractivity contribution in [3.63, 3.8) is 0 Å². The third-order valence-corrected chi connectivity index (χ3v) is 5.30. The maximum Gasteiger partial charge on any atom is 0.254 e. The Balaban J connectivity index is 1.52. The number of furan rings is 1. The SMILES string of the molecule is Cc1cc2c(cc1C)C(=O)N(CCC(C)(N)CCCc1ccco1)C2. The van der Waals surface area contributed by atoms with Crippen LogP contribution < -0.4 is 5.73 Å². The van der Waals surface area contributed by atoms with Gasteiger partial charge in [-0.25, -0.2) is 0 Å². The largest absolute Gasteiger partial charge is 0.469 e. The van der Waals surface area contributed by atoms with Crippen molar-refractivity contribution in [2.75, 3.05) is 6.54 Å². The van der Waals surface area contributed by atoms with E-state index in [2.05, 4.69) is 26.8 Å². The fraction of sp³-hybridized carbons (Fsp3) is 0.476. The normalized spacial score (nSPS) is 16.2. The van der Waals surface area contributed by atoms with Gasteiger partial charge in [-0.05, 0) is 74.9 Å². The van der Waals surface area contributed by atoms with Crippen LogP contribution in [0.25, 0.3) is 0 Å². The Morgan fingerprint density at radius 1 is 1.24 bits per heavy atom. The molecule has 0 bridgehead atoms. The number of rotatable bonds is 7. The van der Waals surface area contributed by atoms with Gasteiger partial charge in [-0.1, -0.05) is 6.07 Å². The molecule has 0 saturated carbocycles. The fourth-order valence-electron chi connectivity index (χ4n) is 3.47. The van der Waals surface area contributed by atoms with Crippen LogP contribution in [0.3, 0.4) is 0 Å². The number of fused-ring (bicyclic) bond motifs is 1. The highest BCUT2D eigenvalue weighted by atomic mass is 16.3. The molecule has 1 amide bonds. The summed E-state index contributed by atoms with van der Waals surface area (Å²) in [4.78, 5) is 14.6. The van der Waals surface area contributed by atoms with Gasteiger partial charge in [0.05, 0.1) is 6.26 Å². The zero-order valence-corrected chi connectivity index (χ0v) is 15.5. The van der Waals surface area contributed by atoms with Crippen LogP contribution in [0.15, 0.2) is 34.9 Å². The summed E-state index contributed by atoms with van der Waals surface area (Å²) in [6.07, 6.45) is 5.33. The summed E-state index contributed by atoms with van der Waals surface area (Å²) in [5.74, 6) is 1.15. The molecule has 25 heavy (non-hydrogen) atoms. The van der Waals surface area contributed by atoms with Gasteiger partial charge in [0.2, 0.25) is 0 Å². The molecule has 0 fully saturated rings. The highest BCUT2D eigenvalue weighted by Crippen LogP contribution is 2.27. The lowest BCUT2D eigenvalue weighted by molar-refractivity contribution is 0.0766. The standard InChI is InChI=1S/C21H28N2O2/c1-15-12-17-14-23(20(24)19(17)13-16(15)2)10-9-21(3,22)8-4-6-18-7-5-11-25-18/h5,7,11-13H,4,6,8-10,14,22H2,1-3H3. The highest BCUT2D eigenvalue weighted by molar-refractivity contribution is 5.98. The van der Waals surface area contributed by atoms with Crippen molar-refractivity contribution in [2.24, 2.45) is 5.73 Å². The van der Waals surface area contributed by atoms with Crippen LogP contribution in [-0.2, 0) is 13.0 Å². The van der Waals surface area contributed by atoms with Crippen molar-refractivity contribution in [1.29, 1.82) is 0 Å². The van der Waals surface area contributed by atoms with Gasteiger partial charge in [-0.3, -0.25) is 4.79 Å². The van der Waals surface area contributed by atoms with E-state index in [1.807, 2.05) is 23.1 Å². The molecule has 4 heteroatoms. The Hall–Kier alpha value is -2.07. The maximum atomic E-state index is 12.6. The molecular formula is C21H28N2O2. The van der Waals surface area contributed by atoms with E-state index in [9.17, 15) is 4.79 Å². The van der Waals surface area contributed by atoms with E-state index in [-0.39, 0.29) is 11.4 Å².